The minimum absolute atomic E-state index is 0.113. The third-order valence-electron chi connectivity index (χ3n) is 5.60. The van der Waals surface area contributed by atoms with Crippen molar-refractivity contribution in [3.63, 3.8) is 0 Å². The smallest absolute Gasteiger partial charge is 0.418 e. The van der Waals surface area contributed by atoms with Crippen molar-refractivity contribution in [2.24, 2.45) is 0 Å². The van der Waals surface area contributed by atoms with Crippen LogP contribution in [0.5, 0.6) is 11.5 Å². The maximum Gasteiger partial charge on any atom is 0.418 e. The van der Waals surface area contributed by atoms with E-state index in [0.29, 0.717) is 17.1 Å². The summed E-state index contributed by atoms with van der Waals surface area (Å²) >= 11 is 0. The summed E-state index contributed by atoms with van der Waals surface area (Å²) in [6, 6.07) is 23.9. The number of carbonyl (C=O) groups excluding carboxylic acids is 3. The lowest BCUT2D eigenvalue weighted by Crippen LogP contribution is -2.41. The Bertz CT molecular complexity index is 1160. The van der Waals surface area contributed by atoms with Gasteiger partial charge in [-0.25, -0.2) is 9.69 Å². The molecular weight excluding hydrogens is 484 g/mol. The fourth-order valence-corrected chi connectivity index (χ4v) is 3.60. The second-order valence-corrected chi connectivity index (χ2v) is 8.15. The molecule has 2 atom stereocenters. The summed E-state index contributed by atoms with van der Waals surface area (Å²) in [6.45, 7) is 7.90. The summed E-state index contributed by atoms with van der Waals surface area (Å²) in [5.41, 5.74) is 2.80. The lowest BCUT2D eigenvalue weighted by atomic mass is 10.1. The van der Waals surface area contributed by atoms with Gasteiger partial charge in [0.05, 0.1) is 20.3 Å². The number of hydrogen-bond donors (Lipinski definition) is 1. The number of ether oxygens (including phenoxy) is 3. The van der Waals surface area contributed by atoms with Crippen LogP contribution in [0.3, 0.4) is 0 Å². The van der Waals surface area contributed by atoms with Crippen LogP contribution in [0.2, 0.25) is 0 Å². The number of benzene rings is 3. The molecule has 3 aromatic carbocycles. The number of carbonyl (C=O) groups is 3. The van der Waals surface area contributed by atoms with Crippen LogP contribution in [0.25, 0.3) is 0 Å². The number of methoxy groups -OCH3 is 2. The molecule has 3 amide bonds. The lowest BCUT2D eigenvalue weighted by molar-refractivity contribution is -0.139. The quantitative estimate of drug-likeness (QED) is 0.417. The Morgan fingerprint density at radius 1 is 0.921 bits per heavy atom. The fraction of sp³-hybridized carbons (Fsp3) is 0.300. The van der Waals surface area contributed by atoms with Crippen LogP contribution < -0.4 is 14.8 Å². The van der Waals surface area contributed by atoms with Crippen LogP contribution in [0.15, 0.2) is 78.9 Å². The highest BCUT2D eigenvalue weighted by atomic mass is 16.6. The molecule has 1 aliphatic heterocycles. The zero-order chi connectivity index (χ0) is 28.1. The lowest BCUT2D eigenvalue weighted by Gasteiger charge is -2.20. The third-order valence-corrected chi connectivity index (χ3v) is 5.60. The number of rotatable bonds is 7. The molecule has 38 heavy (non-hydrogen) atoms. The van der Waals surface area contributed by atoms with Gasteiger partial charge in [0.15, 0.2) is 0 Å². The van der Waals surface area contributed by atoms with Crippen LogP contribution in [-0.2, 0) is 20.9 Å². The maximum atomic E-state index is 12.7. The molecule has 2 unspecified atom stereocenters. The molecular formula is C30H36N2O6. The Kier molecular flexibility index (Phi) is 11.8. The number of amides is 3. The van der Waals surface area contributed by atoms with Gasteiger partial charge in [-0.3, -0.25) is 9.59 Å². The first-order valence-electron chi connectivity index (χ1n) is 12.4. The van der Waals surface area contributed by atoms with Gasteiger partial charge in [0.25, 0.3) is 17.9 Å². The Hall–Kier alpha value is -4.33. The largest absolute Gasteiger partial charge is 0.497 e. The van der Waals surface area contributed by atoms with Gasteiger partial charge in [-0.2, -0.15) is 0 Å². The van der Waals surface area contributed by atoms with E-state index < -0.39 is 30.1 Å². The molecule has 4 rings (SSSR count). The van der Waals surface area contributed by atoms with E-state index in [2.05, 4.69) is 24.4 Å². The first-order chi connectivity index (χ1) is 18.3. The topological polar surface area (TPSA) is 94.2 Å². The van der Waals surface area contributed by atoms with E-state index in [1.807, 2.05) is 50.2 Å². The highest BCUT2D eigenvalue weighted by Gasteiger charge is 2.47. The zero-order valence-electron chi connectivity index (χ0n) is 22.8. The van der Waals surface area contributed by atoms with Gasteiger partial charge in [-0.1, -0.05) is 80.1 Å². The van der Waals surface area contributed by atoms with Crippen molar-refractivity contribution in [2.75, 3.05) is 14.2 Å². The van der Waals surface area contributed by atoms with Crippen molar-refractivity contribution in [1.29, 1.82) is 0 Å². The summed E-state index contributed by atoms with van der Waals surface area (Å²) in [5, 5.41) is 2.62. The Balaban J connectivity index is 0.000000481. The molecule has 202 valence electrons. The number of cyclic esters (lactones) is 1. The standard InChI is InChI=1S/C21H22N2O6.C7H8.C2H6/c1-13(15-7-5-4-6-8-15)23-20(25)18(29-21(23)26)19(24)22-12-14-9-16(27-2)11-17(10-14)28-3;1-7-5-3-2-4-6-7;1-2/h4-11,13,18H,12H2,1-3H3,(H,22,24);2-6H,1H3;1-2H3. The molecule has 8 heteroatoms. The molecule has 1 fully saturated rings. The maximum absolute atomic E-state index is 12.7. The minimum atomic E-state index is -1.51. The van der Waals surface area contributed by atoms with E-state index in [4.69, 9.17) is 14.2 Å². The fourth-order valence-electron chi connectivity index (χ4n) is 3.60. The van der Waals surface area contributed by atoms with Gasteiger partial charge in [0.1, 0.15) is 11.5 Å². The summed E-state index contributed by atoms with van der Waals surface area (Å²) in [5.74, 6) is -0.236. The van der Waals surface area contributed by atoms with Gasteiger partial charge in [-0.15, -0.1) is 0 Å². The van der Waals surface area contributed by atoms with E-state index in [0.717, 1.165) is 10.5 Å². The first kappa shape index (κ1) is 29.9. The van der Waals surface area contributed by atoms with Crippen molar-refractivity contribution in [3.8, 4) is 11.5 Å². The SMILES string of the molecule is CC.COc1cc(CNC(=O)C2OC(=O)N(C(C)c3ccccc3)C2=O)cc(OC)c1.Cc1ccccc1. The minimum Gasteiger partial charge on any atom is -0.497 e. The molecule has 8 nitrogen and oxygen atoms in total. The van der Waals surface area contributed by atoms with E-state index in [1.54, 1.807) is 37.3 Å². The van der Waals surface area contributed by atoms with Crippen LogP contribution in [0.1, 0.15) is 43.5 Å². The Morgan fingerprint density at radius 3 is 1.92 bits per heavy atom. The molecule has 0 saturated carbocycles. The molecule has 0 aliphatic carbocycles. The van der Waals surface area contributed by atoms with Crippen LogP contribution >= 0.6 is 0 Å². The zero-order valence-corrected chi connectivity index (χ0v) is 22.8. The number of imide groups is 1. The molecule has 1 heterocycles. The summed E-state index contributed by atoms with van der Waals surface area (Å²) in [7, 11) is 3.05. The predicted octanol–water partition coefficient (Wildman–Crippen LogP) is 5.45. The van der Waals surface area contributed by atoms with Crippen LogP contribution in [0.4, 0.5) is 4.79 Å². The molecule has 1 aliphatic rings. The van der Waals surface area contributed by atoms with Gasteiger partial charge < -0.3 is 19.5 Å². The first-order valence-corrected chi connectivity index (χ1v) is 12.4. The highest BCUT2D eigenvalue weighted by Crippen LogP contribution is 2.27. The average Bonchev–Trinajstić information content (AvgIpc) is 3.26. The van der Waals surface area contributed by atoms with Gasteiger partial charge in [-0.05, 0) is 37.1 Å². The number of aryl methyl sites for hydroxylation is 1. The highest BCUT2D eigenvalue weighted by molar-refractivity contribution is 6.12. The van der Waals surface area contributed by atoms with Crippen molar-refractivity contribution < 1.29 is 28.6 Å². The molecule has 0 aromatic heterocycles. The van der Waals surface area contributed by atoms with Crippen molar-refractivity contribution in [3.05, 3.63) is 95.6 Å². The molecule has 0 bridgehead atoms. The van der Waals surface area contributed by atoms with Gasteiger partial charge >= 0.3 is 6.09 Å². The monoisotopic (exact) mass is 520 g/mol. The van der Waals surface area contributed by atoms with E-state index in [-0.39, 0.29) is 6.54 Å². The predicted molar refractivity (Wildman–Crippen MR) is 146 cm³/mol. The van der Waals surface area contributed by atoms with E-state index in [1.165, 1.54) is 19.8 Å². The van der Waals surface area contributed by atoms with Gasteiger partial charge in [0, 0.05) is 12.6 Å². The Morgan fingerprint density at radius 2 is 1.45 bits per heavy atom. The number of hydrogen-bond acceptors (Lipinski definition) is 6. The average molecular weight is 521 g/mol. The van der Waals surface area contributed by atoms with Crippen LogP contribution in [-0.4, -0.2) is 43.1 Å². The third kappa shape index (κ3) is 8.09. The van der Waals surface area contributed by atoms with E-state index in [9.17, 15) is 14.4 Å². The summed E-state index contributed by atoms with van der Waals surface area (Å²) in [6.07, 6.45) is -2.35. The molecule has 1 saturated heterocycles. The molecule has 1 N–H and O–H groups in total. The molecule has 0 spiro atoms. The van der Waals surface area contributed by atoms with Crippen LogP contribution in [0, 0.1) is 6.92 Å². The number of nitrogens with one attached hydrogen (secondary N) is 1. The van der Waals surface area contributed by atoms with Crippen molar-refractivity contribution in [1.82, 2.24) is 10.2 Å². The van der Waals surface area contributed by atoms with E-state index >= 15 is 0 Å². The summed E-state index contributed by atoms with van der Waals surface area (Å²) < 4.78 is 15.4. The summed E-state index contributed by atoms with van der Waals surface area (Å²) in [4.78, 5) is 38.3. The second-order valence-electron chi connectivity index (χ2n) is 8.15. The second kappa shape index (κ2) is 15.0. The van der Waals surface area contributed by atoms with Crippen molar-refractivity contribution >= 4 is 17.9 Å². The van der Waals surface area contributed by atoms with Crippen molar-refractivity contribution in [2.45, 2.75) is 46.4 Å². The van der Waals surface area contributed by atoms with Gasteiger partial charge in [0.2, 0.25) is 0 Å². The number of nitrogens with zero attached hydrogens (tertiary/aromatic N) is 1. The Labute approximate surface area is 224 Å². The molecule has 3 aromatic rings. The molecule has 0 radical (unpaired) electrons. The normalized spacial score (nSPS) is 14.7.